The number of hydrogen-bond acceptors (Lipinski definition) is 3. The molecular formula is C16H14N4. The van der Waals surface area contributed by atoms with Gasteiger partial charge in [-0.25, -0.2) is 0 Å². The van der Waals surface area contributed by atoms with Crippen molar-refractivity contribution in [3.63, 3.8) is 0 Å². The molecule has 4 nitrogen and oxygen atoms in total. The van der Waals surface area contributed by atoms with Crippen LogP contribution in [0.4, 0.5) is 5.69 Å². The maximum Gasteiger partial charge on any atom is 0.172 e. The van der Waals surface area contributed by atoms with Crippen LogP contribution in [-0.2, 0) is 0 Å². The first kappa shape index (κ1) is 13.6. The quantitative estimate of drug-likeness (QED) is 0.461. The highest BCUT2D eigenvalue weighted by Gasteiger charge is 2.03. The molecule has 2 aromatic rings. The molecule has 0 heterocycles. The summed E-state index contributed by atoms with van der Waals surface area (Å²) >= 11 is 0. The maximum absolute atomic E-state index is 9.18. The number of nitriles is 1. The van der Waals surface area contributed by atoms with E-state index in [4.69, 9.17) is 0 Å². The lowest BCUT2D eigenvalue weighted by atomic mass is 10.0. The van der Waals surface area contributed by atoms with E-state index in [1.807, 2.05) is 62.4 Å². The van der Waals surface area contributed by atoms with Crippen LogP contribution < -0.4 is 0 Å². The first-order valence-electron chi connectivity index (χ1n) is 6.21. The van der Waals surface area contributed by atoms with Crippen molar-refractivity contribution in [2.75, 3.05) is 0 Å². The number of benzene rings is 2. The van der Waals surface area contributed by atoms with Gasteiger partial charge < -0.3 is 0 Å². The molecule has 0 aliphatic rings. The Morgan fingerprint density at radius 1 is 1.00 bits per heavy atom. The molecule has 0 saturated heterocycles. The highest BCUT2D eigenvalue weighted by atomic mass is 15.4. The molecule has 0 aromatic heterocycles. The van der Waals surface area contributed by atoms with Crippen molar-refractivity contribution in [1.82, 2.24) is 0 Å². The van der Waals surface area contributed by atoms with Crippen molar-refractivity contribution in [2.24, 2.45) is 15.4 Å². The van der Waals surface area contributed by atoms with Gasteiger partial charge in [0.1, 0.15) is 6.07 Å². The lowest BCUT2D eigenvalue weighted by Crippen LogP contribution is -1.97. The van der Waals surface area contributed by atoms with E-state index in [0.717, 1.165) is 16.7 Å². The Kier molecular flexibility index (Phi) is 4.35. The minimum atomic E-state index is 0.261. The number of hydrogen-bond donors (Lipinski definition) is 0. The second-order valence-electron chi connectivity index (χ2n) is 4.46. The Balaban J connectivity index is 2.26. The summed E-state index contributed by atoms with van der Waals surface area (Å²) in [6.07, 6.45) is 0. The van der Waals surface area contributed by atoms with E-state index < -0.39 is 0 Å². The third kappa shape index (κ3) is 3.59. The Morgan fingerprint density at radius 3 is 2.25 bits per heavy atom. The zero-order valence-corrected chi connectivity index (χ0v) is 11.4. The van der Waals surface area contributed by atoms with Gasteiger partial charge in [-0.05, 0) is 43.3 Å². The Hall–Kier alpha value is -2.80. The largest absolute Gasteiger partial charge is 0.191 e. The number of aryl methyl sites for hydroxylation is 2. The Bertz CT molecular complexity index is 674. The van der Waals surface area contributed by atoms with Gasteiger partial charge in [0.15, 0.2) is 5.71 Å². The smallest absolute Gasteiger partial charge is 0.172 e. The predicted molar refractivity (Wildman–Crippen MR) is 79.0 cm³/mol. The Morgan fingerprint density at radius 2 is 1.65 bits per heavy atom. The van der Waals surface area contributed by atoms with Gasteiger partial charge in [-0.3, -0.25) is 0 Å². The maximum atomic E-state index is 9.18. The summed E-state index contributed by atoms with van der Waals surface area (Å²) in [5.41, 5.74) is 3.90. The van der Waals surface area contributed by atoms with E-state index in [0.29, 0.717) is 5.69 Å². The van der Waals surface area contributed by atoms with Crippen LogP contribution in [0.3, 0.4) is 0 Å². The van der Waals surface area contributed by atoms with E-state index >= 15 is 0 Å². The van der Waals surface area contributed by atoms with Crippen molar-refractivity contribution >= 4 is 11.4 Å². The predicted octanol–water partition coefficient (Wildman–Crippen LogP) is 4.32. The van der Waals surface area contributed by atoms with Crippen LogP contribution >= 0.6 is 0 Å². The third-order valence-electron chi connectivity index (χ3n) is 2.66. The van der Waals surface area contributed by atoms with E-state index in [1.54, 1.807) is 0 Å². The van der Waals surface area contributed by atoms with Gasteiger partial charge >= 0.3 is 0 Å². The van der Waals surface area contributed by atoms with Gasteiger partial charge in [0.25, 0.3) is 0 Å². The van der Waals surface area contributed by atoms with E-state index in [9.17, 15) is 5.26 Å². The van der Waals surface area contributed by atoms with Crippen molar-refractivity contribution in [2.45, 2.75) is 13.8 Å². The number of rotatable bonds is 3. The fraction of sp³-hybridized carbons (Fsp3) is 0.125. The molecule has 20 heavy (non-hydrogen) atoms. The monoisotopic (exact) mass is 262 g/mol. The summed E-state index contributed by atoms with van der Waals surface area (Å²) < 4.78 is 0. The van der Waals surface area contributed by atoms with Crippen LogP contribution in [0.25, 0.3) is 0 Å². The minimum Gasteiger partial charge on any atom is -0.191 e. The summed E-state index contributed by atoms with van der Waals surface area (Å²) in [7, 11) is 0. The van der Waals surface area contributed by atoms with Crippen LogP contribution in [0.1, 0.15) is 16.7 Å². The highest BCUT2D eigenvalue weighted by Crippen LogP contribution is 2.12. The molecule has 0 amide bonds. The van der Waals surface area contributed by atoms with Crippen LogP contribution in [0, 0.1) is 25.2 Å². The molecule has 2 aromatic carbocycles. The van der Waals surface area contributed by atoms with Crippen molar-refractivity contribution in [1.29, 1.82) is 5.26 Å². The normalized spacial score (nSPS) is 11.6. The lowest BCUT2D eigenvalue weighted by molar-refractivity contribution is 1.06. The van der Waals surface area contributed by atoms with Gasteiger partial charge in [0.05, 0.1) is 5.69 Å². The minimum absolute atomic E-state index is 0.261. The van der Waals surface area contributed by atoms with E-state index in [-0.39, 0.29) is 5.71 Å². The first-order chi connectivity index (χ1) is 9.69. The summed E-state index contributed by atoms with van der Waals surface area (Å²) in [5, 5.41) is 20.8. The fourth-order valence-electron chi connectivity index (χ4n) is 1.87. The molecule has 98 valence electrons. The van der Waals surface area contributed by atoms with Crippen LogP contribution in [0.5, 0.6) is 0 Å². The average Bonchev–Trinajstić information content (AvgIpc) is 2.43. The van der Waals surface area contributed by atoms with E-state index in [2.05, 4.69) is 21.5 Å². The lowest BCUT2D eigenvalue weighted by Gasteiger charge is -2.01. The standard InChI is InChI=1S/C16H14N4/c1-12-8-13(2)10-14(9-12)16(11-17)19-20-18-15-6-4-3-5-7-15/h3-10H,1-2H3/b19-16-,20-18?. The fourth-order valence-corrected chi connectivity index (χ4v) is 1.87. The summed E-state index contributed by atoms with van der Waals surface area (Å²) in [5.74, 6) is 0. The van der Waals surface area contributed by atoms with Gasteiger partial charge in [-0.1, -0.05) is 35.4 Å². The molecule has 0 fully saturated rings. The topological polar surface area (TPSA) is 60.9 Å². The molecule has 0 aliphatic carbocycles. The van der Waals surface area contributed by atoms with Gasteiger partial charge in [-0.2, -0.15) is 5.26 Å². The van der Waals surface area contributed by atoms with Crippen LogP contribution in [-0.4, -0.2) is 5.71 Å². The van der Waals surface area contributed by atoms with E-state index in [1.165, 1.54) is 0 Å². The van der Waals surface area contributed by atoms with Crippen molar-refractivity contribution in [3.05, 3.63) is 65.2 Å². The molecule has 0 unspecified atom stereocenters. The zero-order chi connectivity index (χ0) is 14.4. The molecule has 0 saturated carbocycles. The molecule has 0 bridgehead atoms. The summed E-state index contributed by atoms with van der Waals surface area (Å²) in [6.45, 7) is 3.97. The number of nitrogens with zero attached hydrogens (tertiary/aromatic N) is 4. The SMILES string of the molecule is Cc1cc(C)cc(/C(C#N)=N\N=Nc2ccccc2)c1. The molecule has 0 atom stereocenters. The average molecular weight is 262 g/mol. The van der Waals surface area contributed by atoms with Crippen LogP contribution in [0.2, 0.25) is 0 Å². The second-order valence-corrected chi connectivity index (χ2v) is 4.46. The van der Waals surface area contributed by atoms with Crippen LogP contribution in [0.15, 0.2) is 64.0 Å². The molecule has 4 heteroatoms. The molecule has 0 spiro atoms. The molecule has 0 aliphatic heterocycles. The van der Waals surface area contributed by atoms with Crippen molar-refractivity contribution in [3.8, 4) is 6.07 Å². The summed E-state index contributed by atoms with van der Waals surface area (Å²) in [6, 6.07) is 17.2. The first-order valence-corrected chi connectivity index (χ1v) is 6.21. The molecule has 2 rings (SSSR count). The summed E-state index contributed by atoms with van der Waals surface area (Å²) in [4.78, 5) is 0. The second kappa shape index (κ2) is 6.39. The highest BCUT2D eigenvalue weighted by molar-refractivity contribution is 6.11. The van der Waals surface area contributed by atoms with Crippen molar-refractivity contribution < 1.29 is 0 Å². The van der Waals surface area contributed by atoms with Gasteiger partial charge in [0, 0.05) is 5.56 Å². The van der Waals surface area contributed by atoms with Gasteiger partial charge in [-0.15, -0.1) is 10.2 Å². The molecule has 0 N–H and O–H groups in total. The Labute approximate surface area is 118 Å². The molecule has 0 radical (unpaired) electrons. The molecular weight excluding hydrogens is 248 g/mol. The third-order valence-corrected chi connectivity index (χ3v) is 2.66. The zero-order valence-electron chi connectivity index (χ0n) is 11.4. The van der Waals surface area contributed by atoms with Gasteiger partial charge in [0.2, 0.25) is 0 Å².